The van der Waals surface area contributed by atoms with E-state index in [0.29, 0.717) is 0 Å². The summed E-state index contributed by atoms with van der Waals surface area (Å²) in [4.78, 5) is 3.86. The number of fused-ring (bicyclic) bond motifs is 1. The van der Waals surface area contributed by atoms with Crippen molar-refractivity contribution < 1.29 is 0 Å². The van der Waals surface area contributed by atoms with Crippen molar-refractivity contribution in [3.05, 3.63) is 50.6 Å². The van der Waals surface area contributed by atoms with Crippen molar-refractivity contribution in [2.24, 2.45) is 5.73 Å². The van der Waals surface area contributed by atoms with Gasteiger partial charge in [0.05, 0.1) is 6.04 Å². The standard InChI is InChI=1S/C17H21BrN2S/c1-12(19)17(16-10-14(18)11-21-16)20-9-5-4-7-13-6-2-3-8-15(13)20/h2-3,6,8,10-12,17H,4-5,7,9,19H2,1H3. The van der Waals surface area contributed by atoms with Gasteiger partial charge in [0.2, 0.25) is 0 Å². The summed E-state index contributed by atoms with van der Waals surface area (Å²) in [6.07, 6.45) is 3.66. The van der Waals surface area contributed by atoms with Crippen LogP contribution in [-0.2, 0) is 6.42 Å². The molecule has 0 saturated heterocycles. The third-order valence-corrected chi connectivity index (χ3v) is 5.87. The number of anilines is 1. The number of aryl methyl sites for hydroxylation is 1. The molecule has 0 saturated carbocycles. The Morgan fingerprint density at radius 3 is 2.81 bits per heavy atom. The predicted octanol–water partition coefficient (Wildman–Crippen LogP) is 4.74. The van der Waals surface area contributed by atoms with Gasteiger partial charge in [-0.2, -0.15) is 0 Å². The lowest BCUT2D eigenvalue weighted by atomic mass is 10.0. The van der Waals surface area contributed by atoms with E-state index >= 15 is 0 Å². The van der Waals surface area contributed by atoms with Crippen LogP contribution in [0, 0.1) is 0 Å². The predicted molar refractivity (Wildman–Crippen MR) is 95.1 cm³/mol. The van der Waals surface area contributed by atoms with Gasteiger partial charge < -0.3 is 10.6 Å². The van der Waals surface area contributed by atoms with Gasteiger partial charge >= 0.3 is 0 Å². The molecule has 0 bridgehead atoms. The summed E-state index contributed by atoms with van der Waals surface area (Å²) < 4.78 is 1.15. The first-order chi connectivity index (χ1) is 10.2. The SMILES string of the molecule is CC(N)C(c1cc(Br)cs1)N1CCCCc2ccccc21. The summed E-state index contributed by atoms with van der Waals surface area (Å²) >= 11 is 5.36. The molecule has 1 aromatic carbocycles. The molecule has 112 valence electrons. The first-order valence-corrected chi connectivity index (χ1v) is 9.18. The Hall–Kier alpha value is -0.840. The molecule has 2 nitrogen and oxygen atoms in total. The van der Waals surface area contributed by atoms with Crippen molar-refractivity contribution >= 4 is 33.0 Å². The largest absolute Gasteiger partial charge is 0.362 e. The summed E-state index contributed by atoms with van der Waals surface area (Å²) in [5.41, 5.74) is 9.18. The lowest BCUT2D eigenvalue weighted by Crippen LogP contribution is -2.39. The third kappa shape index (κ3) is 3.17. The zero-order chi connectivity index (χ0) is 14.8. The van der Waals surface area contributed by atoms with E-state index < -0.39 is 0 Å². The number of rotatable bonds is 3. The zero-order valence-corrected chi connectivity index (χ0v) is 14.7. The molecule has 0 aliphatic carbocycles. The molecule has 0 amide bonds. The second-order valence-electron chi connectivity index (χ2n) is 5.75. The van der Waals surface area contributed by atoms with Crippen molar-refractivity contribution in [3.8, 4) is 0 Å². The van der Waals surface area contributed by atoms with E-state index in [1.807, 2.05) is 0 Å². The Morgan fingerprint density at radius 2 is 2.10 bits per heavy atom. The molecule has 0 spiro atoms. The van der Waals surface area contributed by atoms with Crippen molar-refractivity contribution in [3.63, 3.8) is 0 Å². The van der Waals surface area contributed by atoms with Gasteiger partial charge in [-0.25, -0.2) is 0 Å². The number of halogens is 1. The molecule has 2 heterocycles. The highest BCUT2D eigenvalue weighted by Gasteiger charge is 2.28. The molecule has 2 aromatic rings. The third-order valence-electron chi connectivity index (χ3n) is 4.11. The van der Waals surface area contributed by atoms with Crippen LogP contribution in [0.15, 0.2) is 40.2 Å². The maximum atomic E-state index is 6.37. The van der Waals surface area contributed by atoms with Crippen LogP contribution >= 0.6 is 27.3 Å². The van der Waals surface area contributed by atoms with Gasteiger partial charge in [0.25, 0.3) is 0 Å². The molecule has 2 N–H and O–H groups in total. The smallest absolute Gasteiger partial charge is 0.0783 e. The van der Waals surface area contributed by atoms with Crippen LogP contribution in [0.4, 0.5) is 5.69 Å². The lowest BCUT2D eigenvalue weighted by molar-refractivity contribution is 0.531. The van der Waals surface area contributed by atoms with Crippen LogP contribution in [0.25, 0.3) is 0 Å². The van der Waals surface area contributed by atoms with E-state index in [1.165, 1.54) is 35.4 Å². The summed E-state index contributed by atoms with van der Waals surface area (Å²) in [5, 5.41) is 2.15. The molecule has 1 aliphatic rings. The molecular formula is C17H21BrN2S. The highest BCUT2D eigenvalue weighted by Crippen LogP contribution is 2.37. The maximum Gasteiger partial charge on any atom is 0.0783 e. The Labute approximate surface area is 139 Å². The summed E-state index contributed by atoms with van der Waals surface area (Å²) in [7, 11) is 0. The minimum atomic E-state index is 0.0988. The summed E-state index contributed by atoms with van der Waals surface area (Å²) in [5.74, 6) is 0. The maximum absolute atomic E-state index is 6.37. The number of hydrogen-bond donors (Lipinski definition) is 1. The fourth-order valence-electron chi connectivity index (χ4n) is 3.19. The van der Waals surface area contributed by atoms with Crippen molar-refractivity contribution in [1.29, 1.82) is 0 Å². The Bertz CT molecular complexity index is 608. The molecule has 0 radical (unpaired) electrons. The Balaban J connectivity index is 2.03. The molecule has 2 atom stereocenters. The van der Waals surface area contributed by atoms with Crippen LogP contribution in [0.5, 0.6) is 0 Å². The van der Waals surface area contributed by atoms with Gasteiger partial charge in [-0.1, -0.05) is 18.2 Å². The highest BCUT2D eigenvalue weighted by molar-refractivity contribution is 9.10. The topological polar surface area (TPSA) is 29.3 Å². The summed E-state index contributed by atoms with van der Waals surface area (Å²) in [6.45, 7) is 3.20. The van der Waals surface area contributed by atoms with Crippen LogP contribution in [0.1, 0.15) is 36.2 Å². The fraction of sp³-hybridized carbons (Fsp3) is 0.412. The molecule has 2 unspecified atom stereocenters. The molecular weight excluding hydrogens is 344 g/mol. The molecule has 1 aliphatic heterocycles. The Morgan fingerprint density at radius 1 is 1.29 bits per heavy atom. The minimum Gasteiger partial charge on any atom is -0.362 e. The number of benzene rings is 1. The average molecular weight is 365 g/mol. The van der Waals surface area contributed by atoms with Gasteiger partial charge in [-0.05, 0) is 59.8 Å². The van der Waals surface area contributed by atoms with Crippen molar-refractivity contribution in [2.75, 3.05) is 11.4 Å². The van der Waals surface area contributed by atoms with E-state index in [-0.39, 0.29) is 12.1 Å². The molecule has 4 heteroatoms. The van der Waals surface area contributed by atoms with Gasteiger partial charge in [-0.15, -0.1) is 11.3 Å². The first kappa shape index (κ1) is 15.1. The normalized spacial score (nSPS) is 18.0. The van der Waals surface area contributed by atoms with Crippen molar-refractivity contribution in [1.82, 2.24) is 0 Å². The van der Waals surface area contributed by atoms with Crippen LogP contribution < -0.4 is 10.6 Å². The molecule has 0 fully saturated rings. The van der Waals surface area contributed by atoms with Gasteiger partial charge in [0.1, 0.15) is 0 Å². The van der Waals surface area contributed by atoms with Crippen molar-refractivity contribution in [2.45, 2.75) is 38.3 Å². The fourth-order valence-corrected chi connectivity index (χ4v) is 4.86. The zero-order valence-electron chi connectivity index (χ0n) is 12.3. The number of nitrogens with zero attached hydrogens (tertiary/aromatic N) is 1. The van der Waals surface area contributed by atoms with E-state index in [1.54, 1.807) is 11.3 Å². The van der Waals surface area contributed by atoms with Gasteiger partial charge in [0, 0.05) is 33.0 Å². The van der Waals surface area contributed by atoms with E-state index in [4.69, 9.17) is 5.73 Å². The van der Waals surface area contributed by atoms with Crippen LogP contribution in [-0.4, -0.2) is 12.6 Å². The molecule has 3 rings (SSSR count). The van der Waals surface area contributed by atoms with E-state index in [2.05, 4.69) is 63.5 Å². The first-order valence-electron chi connectivity index (χ1n) is 7.51. The number of hydrogen-bond acceptors (Lipinski definition) is 3. The highest BCUT2D eigenvalue weighted by atomic mass is 79.9. The molecule has 21 heavy (non-hydrogen) atoms. The lowest BCUT2D eigenvalue weighted by Gasteiger charge is -2.35. The van der Waals surface area contributed by atoms with Gasteiger partial charge in [0.15, 0.2) is 0 Å². The molecule has 1 aromatic heterocycles. The number of thiophene rings is 1. The number of para-hydroxylation sites is 1. The average Bonchev–Trinajstić information content (AvgIpc) is 2.77. The monoisotopic (exact) mass is 364 g/mol. The second kappa shape index (κ2) is 6.51. The Kier molecular flexibility index (Phi) is 4.67. The van der Waals surface area contributed by atoms with E-state index in [0.717, 1.165) is 11.0 Å². The van der Waals surface area contributed by atoms with E-state index in [9.17, 15) is 0 Å². The van der Waals surface area contributed by atoms with Crippen LogP contribution in [0.3, 0.4) is 0 Å². The quantitative estimate of drug-likeness (QED) is 0.851. The van der Waals surface area contributed by atoms with Gasteiger partial charge in [-0.3, -0.25) is 0 Å². The number of nitrogens with two attached hydrogens (primary N) is 1. The van der Waals surface area contributed by atoms with Crippen LogP contribution in [0.2, 0.25) is 0 Å². The second-order valence-corrected chi connectivity index (χ2v) is 7.61. The minimum absolute atomic E-state index is 0.0988. The summed E-state index contributed by atoms with van der Waals surface area (Å²) in [6, 6.07) is 11.4.